The van der Waals surface area contributed by atoms with Crippen molar-refractivity contribution in [1.29, 1.82) is 0 Å². The highest BCUT2D eigenvalue weighted by Crippen LogP contribution is 2.35. The van der Waals surface area contributed by atoms with E-state index in [1.807, 2.05) is 60.7 Å². The topological polar surface area (TPSA) is 94.5 Å². The highest BCUT2D eigenvalue weighted by Gasteiger charge is 2.16. The van der Waals surface area contributed by atoms with Crippen molar-refractivity contribution in [3.63, 3.8) is 0 Å². The van der Waals surface area contributed by atoms with Crippen LogP contribution in [-0.4, -0.2) is 35.9 Å². The molecule has 2 aromatic carbocycles. The van der Waals surface area contributed by atoms with Gasteiger partial charge in [0.1, 0.15) is 6.10 Å². The molecular formula is C18H23O7P. The molecule has 0 saturated carbocycles. The SMILES string of the molecule is O=P(O)(O)OCOC(COCc1ccccc1)COCc1ccccc1. The lowest BCUT2D eigenvalue weighted by atomic mass is 10.2. The fraction of sp³-hybridized carbons (Fsp3) is 0.333. The van der Waals surface area contributed by atoms with Gasteiger partial charge >= 0.3 is 7.82 Å². The van der Waals surface area contributed by atoms with E-state index in [0.29, 0.717) is 13.2 Å². The van der Waals surface area contributed by atoms with E-state index in [4.69, 9.17) is 24.0 Å². The lowest BCUT2D eigenvalue weighted by Crippen LogP contribution is -2.26. The van der Waals surface area contributed by atoms with Crippen molar-refractivity contribution in [2.75, 3.05) is 20.0 Å². The smallest absolute Gasteiger partial charge is 0.374 e. The predicted molar refractivity (Wildman–Crippen MR) is 95.1 cm³/mol. The van der Waals surface area contributed by atoms with Crippen LogP contribution < -0.4 is 0 Å². The molecule has 0 aliphatic heterocycles. The van der Waals surface area contributed by atoms with Crippen LogP contribution in [0.25, 0.3) is 0 Å². The quantitative estimate of drug-likeness (QED) is 0.431. The number of hydrogen-bond acceptors (Lipinski definition) is 5. The Kier molecular flexibility index (Phi) is 8.94. The van der Waals surface area contributed by atoms with Crippen molar-refractivity contribution in [1.82, 2.24) is 0 Å². The van der Waals surface area contributed by atoms with Gasteiger partial charge in [-0.05, 0) is 11.1 Å². The Bertz CT molecular complexity index is 614. The van der Waals surface area contributed by atoms with Gasteiger partial charge in [0, 0.05) is 0 Å². The highest BCUT2D eigenvalue weighted by atomic mass is 31.2. The van der Waals surface area contributed by atoms with Crippen LogP contribution in [0.3, 0.4) is 0 Å². The second-order valence-electron chi connectivity index (χ2n) is 5.53. The summed E-state index contributed by atoms with van der Waals surface area (Å²) in [5.41, 5.74) is 2.03. The van der Waals surface area contributed by atoms with Gasteiger partial charge in [0.25, 0.3) is 0 Å². The van der Waals surface area contributed by atoms with Gasteiger partial charge in [0.05, 0.1) is 26.4 Å². The Hall–Kier alpha value is -1.57. The molecule has 26 heavy (non-hydrogen) atoms. The minimum Gasteiger partial charge on any atom is -0.374 e. The van der Waals surface area contributed by atoms with Gasteiger partial charge in [-0.3, -0.25) is 4.52 Å². The normalized spacial score (nSPS) is 11.8. The Balaban J connectivity index is 1.76. The molecule has 0 aliphatic carbocycles. The van der Waals surface area contributed by atoms with E-state index in [2.05, 4.69) is 4.52 Å². The maximum atomic E-state index is 10.7. The van der Waals surface area contributed by atoms with Gasteiger partial charge in [-0.2, -0.15) is 0 Å². The Morgan fingerprint density at radius 1 is 0.808 bits per heavy atom. The molecule has 142 valence electrons. The molecule has 0 heterocycles. The van der Waals surface area contributed by atoms with Crippen LogP contribution in [0.5, 0.6) is 0 Å². The number of phosphoric ester groups is 1. The van der Waals surface area contributed by atoms with Gasteiger partial charge in [-0.25, -0.2) is 4.57 Å². The predicted octanol–water partition coefficient (Wildman–Crippen LogP) is 2.87. The van der Waals surface area contributed by atoms with Crippen LogP contribution in [0.4, 0.5) is 0 Å². The molecule has 0 atom stereocenters. The molecule has 0 unspecified atom stereocenters. The first kappa shape index (κ1) is 20.7. The van der Waals surface area contributed by atoms with Crippen LogP contribution in [0.15, 0.2) is 60.7 Å². The van der Waals surface area contributed by atoms with Crippen LogP contribution >= 0.6 is 7.82 Å². The average Bonchev–Trinajstić information content (AvgIpc) is 2.62. The molecule has 7 nitrogen and oxygen atoms in total. The average molecular weight is 382 g/mol. The van der Waals surface area contributed by atoms with Crippen molar-refractivity contribution in [3.05, 3.63) is 71.8 Å². The fourth-order valence-electron chi connectivity index (χ4n) is 2.10. The number of benzene rings is 2. The van der Waals surface area contributed by atoms with Crippen LogP contribution in [0.1, 0.15) is 11.1 Å². The van der Waals surface area contributed by atoms with Gasteiger partial charge in [0.2, 0.25) is 0 Å². The van der Waals surface area contributed by atoms with E-state index in [-0.39, 0.29) is 13.2 Å². The van der Waals surface area contributed by atoms with E-state index in [1.54, 1.807) is 0 Å². The number of hydrogen-bond donors (Lipinski definition) is 2. The molecule has 8 heteroatoms. The number of phosphoric acid groups is 1. The van der Waals surface area contributed by atoms with E-state index in [0.717, 1.165) is 11.1 Å². The molecule has 0 fully saturated rings. The van der Waals surface area contributed by atoms with Crippen LogP contribution in [0, 0.1) is 0 Å². The van der Waals surface area contributed by atoms with E-state index in [1.165, 1.54) is 0 Å². The van der Waals surface area contributed by atoms with Crippen molar-refractivity contribution in [2.24, 2.45) is 0 Å². The molecule has 2 aromatic rings. The summed E-state index contributed by atoms with van der Waals surface area (Å²) < 4.78 is 31.6. The molecule has 0 amide bonds. The Morgan fingerprint density at radius 3 is 1.69 bits per heavy atom. The zero-order chi connectivity index (χ0) is 18.7. The molecule has 2 N–H and O–H groups in total. The minimum absolute atomic E-state index is 0.203. The van der Waals surface area contributed by atoms with Gasteiger partial charge in [-0.15, -0.1) is 0 Å². The van der Waals surface area contributed by atoms with Crippen molar-refractivity contribution >= 4 is 7.82 Å². The lowest BCUT2D eigenvalue weighted by Gasteiger charge is -2.18. The van der Waals surface area contributed by atoms with E-state index >= 15 is 0 Å². The molecular weight excluding hydrogens is 359 g/mol. The minimum atomic E-state index is -4.58. The van der Waals surface area contributed by atoms with Crippen molar-refractivity contribution < 1.29 is 33.1 Å². The third kappa shape index (κ3) is 9.22. The summed E-state index contributed by atoms with van der Waals surface area (Å²) >= 11 is 0. The Morgan fingerprint density at radius 2 is 1.27 bits per heavy atom. The zero-order valence-corrected chi connectivity index (χ0v) is 15.2. The third-order valence-electron chi connectivity index (χ3n) is 3.36. The molecule has 0 bridgehead atoms. The molecule has 0 radical (unpaired) electrons. The largest absolute Gasteiger partial charge is 0.471 e. The van der Waals surface area contributed by atoms with Crippen LogP contribution in [-0.2, 0) is 36.5 Å². The molecule has 2 rings (SSSR count). The summed E-state index contributed by atoms with van der Waals surface area (Å²) in [4.78, 5) is 17.5. The third-order valence-corrected chi connectivity index (χ3v) is 3.80. The summed E-state index contributed by atoms with van der Waals surface area (Å²) in [7, 11) is -4.58. The summed E-state index contributed by atoms with van der Waals surface area (Å²) in [6.45, 7) is 0.665. The summed E-state index contributed by atoms with van der Waals surface area (Å²) in [6, 6.07) is 19.3. The molecule has 0 spiro atoms. The van der Waals surface area contributed by atoms with Crippen molar-refractivity contribution in [3.8, 4) is 0 Å². The van der Waals surface area contributed by atoms with E-state index < -0.39 is 20.7 Å². The maximum absolute atomic E-state index is 10.7. The first-order chi connectivity index (χ1) is 12.5. The summed E-state index contributed by atoms with van der Waals surface area (Å²) in [5.74, 6) is 0. The van der Waals surface area contributed by atoms with Gasteiger partial charge in [-0.1, -0.05) is 60.7 Å². The van der Waals surface area contributed by atoms with Crippen molar-refractivity contribution in [2.45, 2.75) is 19.3 Å². The molecule has 0 aliphatic rings. The molecule has 0 aromatic heterocycles. The number of ether oxygens (including phenoxy) is 3. The Labute approximate surface area is 152 Å². The van der Waals surface area contributed by atoms with E-state index in [9.17, 15) is 4.57 Å². The highest BCUT2D eigenvalue weighted by molar-refractivity contribution is 7.46. The second kappa shape index (κ2) is 11.2. The zero-order valence-electron chi connectivity index (χ0n) is 14.3. The summed E-state index contributed by atoms with van der Waals surface area (Å²) in [6.07, 6.45) is -0.519. The first-order valence-electron chi connectivity index (χ1n) is 8.08. The lowest BCUT2D eigenvalue weighted by molar-refractivity contribution is -0.109. The summed E-state index contributed by atoms with van der Waals surface area (Å²) in [5, 5.41) is 0. The van der Waals surface area contributed by atoms with Gasteiger partial charge in [0.15, 0.2) is 6.79 Å². The molecule has 0 saturated heterocycles. The number of rotatable bonds is 12. The van der Waals surface area contributed by atoms with Gasteiger partial charge < -0.3 is 24.0 Å². The fourth-order valence-corrected chi connectivity index (χ4v) is 2.30. The van der Waals surface area contributed by atoms with Crippen LogP contribution in [0.2, 0.25) is 0 Å². The second-order valence-corrected chi connectivity index (χ2v) is 6.77. The monoisotopic (exact) mass is 382 g/mol. The maximum Gasteiger partial charge on any atom is 0.471 e. The first-order valence-corrected chi connectivity index (χ1v) is 9.61. The standard InChI is InChI=1S/C18H23O7P/c19-26(20,21)25-15-24-18(13-22-11-16-7-3-1-4-8-16)14-23-12-17-9-5-2-6-10-17/h1-10,18H,11-15H2,(H2,19,20,21).